The number of nitrogens with one attached hydrogen (secondary N) is 1. The topological polar surface area (TPSA) is 74.2 Å². The van der Waals surface area contributed by atoms with Gasteiger partial charge in [-0.05, 0) is 51.1 Å². The Labute approximate surface area is 155 Å². The molecule has 2 heterocycles. The van der Waals surface area contributed by atoms with Gasteiger partial charge in [0.2, 0.25) is 5.95 Å². The van der Waals surface area contributed by atoms with Gasteiger partial charge in [-0.3, -0.25) is 0 Å². The van der Waals surface area contributed by atoms with E-state index in [-0.39, 0.29) is 17.3 Å². The molecule has 2 N–H and O–H groups in total. The number of benzene rings is 1. The highest BCUT2D eigenvalue weighted by atomic mass is 19.4. The van der Waals surface area contributed by atoms with Crippen LogP contribution in [-0.2, 0) is 12.6 Å². The fourth-order valence-corrected chi connectivity index (χ4v) is 3.25. The van der Waals surface area contributed by atoms with Crippen molar-refractivity contribution in [2.24, 2.45) is 0 Å². The summed E-state index contributed by atoms with van der Waals surface area (Å²) in [4.78, 5) is 6.69. The van der Waals surface area contributed by atoms with Gasteiger partial charge in [-0.1, -0.05) is 6.92 Å². The van der Waals surface area contributed by atoms with Gasteiger partial charge in [0, 0.05) is 18.2 Å². The quantitative estimate of drug-likeness (QED) is 0.846. The Hall–Kier alpha value is -2.42. The summed E-state index contributed by atoms with van der Waals surface area (Å²) in [6, 6.07) is 3.04. The minimum absolute atomic E-state index is 0.184. The number of hydrogen-bond donors (Lipinski definition) is 2. The van der Waals surface area contributed by atoms with Crippen LogP contribution < -0.4 is 5.32 Å². The molecule has 1 saturated heterocycles. The highest BCUT2D eigenvalue weighted by molar-refractivity contribution is 5.69. The second kappa shape index (κ2) is 7.67. The molecular weight excluding hydrogens is 359 g/mol. The van der Waals surface area contributed by atoms with Gasteiger partial charge in [0.25, 0.3) is 0 Å². The van der Waals surface area contributed by atoms with Crippen LogP contribution in [0.4, 0.5) is 19.1 Å². The van der Waals surface area contributed by atoms with E-state index in [0.717, 1.165) is 32.0 Å². The number of likely N-dealkylation sites (N-methyl/N-ethyl adjacent to an activating group) is 1. The molecule has 1 aliphatic rings. The molecular formula is C18H22F3N5O. The maximum absolute atomic E-state index is 12.8. The molecule has 1 aromatic heterocycles. The lowest BCUT2D eigenvalue weighted by Gasteiger charge is -2.30. The third-order valence-corrected chi connectivity index (χ3v) is 4.63. The van der Waals surface area contributed by atoms with Gasteiger partial charge in [-0.25, -0.2) is 4.98 Å². The van der Waals surface area contributed by atoms with E-state index in [2.05, 4.69) is 32.4 Å². The van der Waals surface area contributed by atoms with Crippen LogP contribution in [0.3, 0.4) is 0 Å². The fraction of sp³-hybridized carbons (Fsp3) is 0.500. The van der Waals surface area contributed by atoms with Crippen molar-refractivity contribution in [2.45, 2.75) is 38.4 Å². The maximum atomic E-state index is 12.8. The summed E-state index contributed by atoms with van der Waals surface area (Å²) in [5.74, 6) is -0.104. The second-order valence-electron chi connectivity index (χ2n) is 6.76. The van der Waals surface area contributed by atoms with Crippen LogP contribution in [0.2, 0.25) is 0 Å². The zero-order valence-corrected chi connectivity index (χ0v) is 15.2. The number of aryl methyl sites for hydroxylation is 1. The number of anilines is 1. The van der Waals surface area contributed by atoms with Crippen LogP contribution in [0.15, 0.2) is 18.2 Å². The van der Waals surface area contributed by atoms with Crippen LogP contribution in [0, 0.1) is 0 Å². The first-order chi connectivity index (χ1) is 12.8. The van der Waals surface area contributed by atoms with Crippen molar-refractivity contribution in [2.75, 3.05) is 25.5 Å². The van der Waals surface area contributed by atoms with Crippen molar-refractivity contribution in [3.8, 4) is 17.0 Å². The lowest BCUT2D eigenvalue weighted by Crippen LogP contribution is -2.40. The SMILES string of the molecule is CCc1nc(N[C@@H]2CCCN(C)C2)nnc1-c1ccc(C(F)(F)F)cc1O. The van der Waals surface area contributed by atoms with E-state index in [1.807, 2.05) is 6.92 Å². The number of halogens is 3. The summed E-state index contributed by atoms with van der Waals surface area (Å²) in [5, 5.41) is 21.5. The van der Waals surface area contributed by atoms with Crippen LogP contribution in [0.5, 0.6) is 5.75 Å². The monoisotopic (exact) mass is 381 g/mol. The number of nitrogens with zero attached hydrogens (tertiary/aromatic N) is 4. The Morgan fingerprint density at radius 3 is 2.70 bits per heavy atom. The van der Waals surface area contributed by atoms with E-state index < -0.39 is 17.5 Å². The Balaban J connectivity index is 1.86. The maximum Gasteiger partial charge on any atom is 0.416 e. The number of phenols is 1. The number of piperidine rings is 1. The Bertz CT molecular complexity index is 812. The van der Waals surface area contributed by atoms with E-state index >= 15 is 0 Å². The molecule has 27 heavy (non-hydrogen) atoms. The van der Waals surface area contributed by atoms with Crippen LogP contribution in [0.25, 0.3) is 11.3 Å². The smallest absolute Gasteiger partial charge is 0.416 e. The van der Waals surface area contributed by atoms with Gasteiger partial charge in [0.1, 0.15) is 11.4 Å². The number of alkyl halides is 3. The molecule has 1 atom stereocenters. The molecule has 0 saturated carbocycles. The summed E-state index contributed by atoms with van der Waals surface area (Å²) in [6.07, 6.45) is -1.92. The fourth-order valence-electron chi connectivity index (χ4n) is 3.25. The lowest BCUT2D eigenvalue weighted by atomic mass is 10.0. The van der Waals surface area contributed by atoms with E-state index in [1.165, 1.54) is 6.07 Å². The molecule has 6 nitrogen and oxygen atoms in total. The Morgan fingerprint density at radius 2 is 2.07 bits per heavy atom. The molecule has 0 bridgehead atoms. The van der Waals surface area contributed by atoms with Crippen LogP contribution >= 0.6 is 0 Å². The van der Waals surface area contributed by atoms with E-state index in [0.29, 0.717) is 24.1 Å². The Kier molecular flexibility index (Phi) is 5.50. The molecule has 1 aromatic carbocycles. The molecule has 0 unspecified atom stereocenters. The summed E-state index contributed by atoms with van der Waals surface area (Å²) >= 11 is 0. The number of hydrogen-bond acceptors (Lipinski definition) is 6. The van der Waals surface area contributed by atoms with E-state index in [4.69, 9.17) is 0 Å². The summed E-state index contributed by atoms with van der Waals surface area (Å²) in [7, 11) is 2.06. The number of aromatic hydroxyl groups is 1. The van der Waals surface area contributed by atoms with Crippen molar-refractivity contribution >= 4 is 5.95 Å². The van der Waals surface area contributed by atoms with Crippen molar-refractivity contribution in [1.29, 1.82) is 0 Å². The van der Waals surface area contributed by atoms with Crippen molar-refractivity contribution in [3.05, 3.63) is 29.5 Å². The molecule has 9 heteroatoms. The summed E-state index contributed by atoms with van der Waals surface area (Å²) in [6.45, 7) is 3.81. The zero-order chi connectivity index (χ0) is 19.6. The van der Waals surface area contributed by atoms with Gasteiger partial charge in [-0.15, -0.1) is 10.2 Å². The average molecular weight is 381 g/mol. The summed E-state index contributed by atoms with van der Waals surface area (Å²) in [5.41, 5.74) is 0.119. The van der Waals surface area contributed by atoms with Crippen molar-refractivity contribution < 1.29 is 18.3 Å². The average Bonchev–Trinajstić information content (AvgIpc) is 2.61. The number of aromatic nitrogens is 3. The van der Waals surface area contributed by atoms with Gasteiger partial charge in [0.05, 0.1) is 11.3 Å². The van der Waals surface area contributed by atoms with Gasteiger partial charge in [-0.2, -0.15) is 13.2 Å². The number of likely N-dealkylation sites (tertiary alicyclic amines) is 1. The van der Waals surface area contributed by atoms with Crippen molar-refractivity contribution in [3.63, 3.8) is 0 Å². The minimum atomic E-state index is -4.52. The molecule has 0 aliphatic carbocycles. The number of rotatable bonds is 4. The summed E-state index contributed by atoms with van der Waals surface area (Å²) < 4.78 is 38.4. The molecule has 3 rings (SSSR count). The minimum Gasteiger partial charge on any atom is -0.507 e. The van der Waals surface area contributed by atoms with Gasteiger partial charge < -0.3 is 15.3 Å². The molecule has 0 spiro atoms. The van der Waals surface area contributed by atoms with Gasteiger partial charge in [0.15, 0.2) is 0 Å². The first-order valence-electron chi connectivity index (χ1n) is 8.87. The van der Waals surface area contributed by atoms with E-state index in [9.17, 15) is 18.3 Å². The van der Waals surface area contributed by atoms with Crippen LogP contribution in [0.1, 0.15) is 31.0 Å². The zero-order valence-electron chi connectivity index (χ0n) is 15.2. The van der Waals surface area contributed by atoms with E-state index in [1.54, 1.807) is 0 Å². The molecule has 146 valence electrons. The lowest BCUT2D eigenvalue weighted by molar-refractivity contribution is -0.137. The normalized spacial score (nSPS) is 18.5. The molecule has 0 amide bonds. The third-order valence-electron chi connectivity index (χ3n) is 4.63. The first-order valence-corrected chi connectivity index (χ1v) is 8.87. The highest BCUT2D eigenvalue weighted by Gasteiger charge is 2.31. The molecule has 2 aromatic rings. The third kappa shape index (κ3) is 4.47. The van der Waals surface area contributed by atoms with Crippen molar-refractivity contribution in [1.82, 2.24) is 20.1 Å². The molecule has 0 radical (unpaired) electrons. The largest absolute Gasteiger partial charge is 0.507 e. The second-order valence-corrected chi connectivity index (χ2v) is 6.76. The Morgan fingerprint density at radius 1 is 1.30 bits per heavy atom. The predicted octanol–water partition coefficient (Wildman–Crippen LogP) is 3.33. The number of phenolic OH excluding ortho intramolecular Hbond substituents is 1. The highest BCUT2D eigenvalue weighted by Crippen LogP contribution is 2.36. The first kappa shape index (κ1) is 19.3. The predicted molar refractivity (Wildman–Crippen MR) is 95.4 cm³/mol. The standard InChI is InChI=1S/C18H22F3N5O/c1-3-14-16(13-7-6-11(9-15(13)27)18(19,20)21)24-25-17(23-14)22-12-5-4-8-26(2)10-12/h6-7,9,12,27H,3-5,8,10H2,1-2H3,(H,22,23,25)/t12-/m1/s1. The molecule has 1 aliphatic heterocycles. The van der Waals surface area contributed by atoms with Crippen LogP contribution in [-0.4, -0.2) is 51.4 Å². The van der Waals surface area contributed by atoms with Gasteiger partial charge >= 0.3 is 6.18 Å². The molecule has 1 fully saturated rings.